The fourth-order valence-electron chi connectivity index (χ4n) is 3.22. The molecule has 0 saturated heterocycles. The van der Waals surface area contributed by atoms with Gasteiger partial charge in [-0.05, 0) is 53.8 Å². The first-order valence-corrected chi connectivity index (χ1v) is 10.6. The van der Waals surface area contributed by atoms with E-state index in [9.17, 15) is 4.79 Å². The van der Waals surface area contributed by atoms with Crippen LogP contribution in [0.1, 0.15) is 24.3 Å². The SMILES string of the molecule is COC(=O)C(CCCOc1ccc(-c2ccccc2)cc1Cl)c1ccc(Cl)cc1Cl. The Morgan fingerprint density at radius 1 is 0.900 bits per heavy atom. The van der Waals surface area contributed by atoms with Gasteiger partial charge in [-0.1, -0.05) is 77.3 Å². The molecule has 30 heavy (non-hydrogen) atoms. The van der Waals surface area contributed by atoms with E-state index in [1.54, 1.807) is 18.2 Å². The molecule has 0 aliphatic heterocycles. The molecule has 0 fully saturated rings. The summed E-state index contributed by atoms with van der Waals surface area (Å²) >= 11 is 18.6. The van der Waals surface area contributed by atoms with Crippen LogP contribution in [0.5, 0.6) is 5.75 Å². The predicted molar refractivity (Wildman–Crippen MR) is 123 cm³/mol. The van der Waals surface area contributed by atoms with Crippen molar-refractivity contribution in [1.82, 2.24) is 0 Å². The maximum absolute atomic E-state index is 12.3. The van der Waals surface area contributed by atoms with Crippen LogP contribution >= 0.6 is 34.8 Å². The van der Waals surface area contributed by atoms with Gasteiger partial charge in [0.1, 0.15) is 5.75 Å². The minimum atomic E-state index is -0.487. The monoisotopic (exact) mass is 462 g/mol. The normalized spacial score (nSPS) is 11.7. The summed E-state index contributed by atoms with van der Waals surface area (Å²) in [5, 5.41) is 1.50. The van der Waals surface area contributed by atoms with Crippen molar-refractivity contribution < 1.29 is 14.3 Å². The van der Waals surface area contributed by atoms with E-state index in [0.29, 0.717) is 45.8 Å². The summed E-state index contributed by atoms with van der Waals surface area (Å²) < 4.78 is 10.8. The van der Waals surface area contributed by atoms with Gasteiger partial charge in [-0.25, -0.2) is 0 Å². The summed E-state index contributed by atoms with van der Waals surface area (Å²) in [5.41, 5.74) is 2.81. The zero-order chi connectivity index (χ0) is 21.5. The molecular weight excluding hydrogens is 443 g/mol. The molecule has 3 aromatic rings. The number of carbonyl (C=O) groups excluding carboxylic acids is 1. The summed E-state index contributed by atoms with van der Waals surface area (Å²) in [6, 6.07) is 20.8. The largest absolute Gasteiger partial charge is 0.492 e. The number of rotatable bonds is 8. The molecule has 0 aliphatic carbocycles. The molecule has 0 spiro atoms. The Morgan fingerprint density at radius 3 is 2.33 bits per heavy atom. The molecule has 156 valence electrons. The lowest BCUT2D eigenvalue weighted by Gasteiger charge is -2.17. The smallest absolute Gasteiger partial charge is 0.313 e. The Labute approximate surface area is 191 Å². The standard InChI is InChI=1S/C24H21Cl3O3/c1-29-24(28)20(19-11-10-18(25)15-21(19)26)8-5-13-30-23-12-9-17(14-22(23)27)16-6-3-2-4-7-16/h2-4,6-7,9-12,14-15,20H,5,8,13H2,1H3. The quantitative estimate of drug-likeness (QED) is 0.257. The van der Waals surface area contributed by atoms with Gasteiger partial charge < -0.3 is 9.47 Å². The first-order valence-electron chi connectivity index (χ1n) is 9.50. The van der Waals surface area contributed by atoms with Crippen LogP contribution in [0.3, 0.4) is 0 Å². The lowest BCUT2D eigenvalue weighted by molar-refractivity contribution is -0.142. The minimum absolute atomic E-state index is 0.343. The molecule has 0 aliphatic rings. The highest BCUT2D eigenvalue weighted by atomic mass is 35.5. The molecule has 0 aromatic heterocycles. The van der Waals surface area contributed by atoms with Gasteiger partial charge in [0, 0.05) is 10.0 Å². The molecule has 0 saturated carbocycles. The van der Waals surface area contributed by atoms with E-state index in [2.05, 4.69) is 0 Å². The van der Waals surface area contributed by atoms with Crippen LogP contribution in [0.2, 0.25) is 15.1 Å². The van der Waals surface area contributed by atoms with Crippen molar-refractivity contribution in [1.29, 1.82) is 0 Å². The predicted octanol–water partition coefficient (Wildman–Crippen LogP) is 7.43. The lowest BCUT2D eigenvalue weighted by Crippen LogP contribution is -2.16. The highest BCUT2D eigenvalue weighted by molar-refractivity contribution is 6.35. The average molecular weight is 464 g/mol. The zero-order valence-electron chi connectivity index (χ0n) is 16.4. The molecule has 3 rings (SSSR count). The summed E-state index contributed by atoms with van der Waals surface area (Å²) in [4.78, 5) is 12.3. The van der Waals surface area contributed by atoms with Crippen LogP contribution in [0.25, 0.3) is 11.1 Å². The Balaban J connectivity index is 1.61. The first-order chi connectivity index (χ1) is 14.5. The van der Waals surface area contributed by atoms with E-state index < -0.39 is 5.92 Å². The summed E-state index contributed by atoms with van der Waals surface area (Å²) in [6.45, 7) is 0.406. The van der Waals surface area contributed by atoms with Crippen molar-refractivity contribution in [2.45, 2.75) is 18.8 Å². The van der Waals surface area contributed by atoms with Crippen LogP contribution in [-0.2, 0) is 9.53 Å². The Kier molecular flexibility index (Phi) is 8.03. The van der Waals surface area contributed by atoms with Crippen LogP contribution in [0, 0.1) is 0 Å². The average Bonchev–Trinajstić information content (AvgIpc) is 2.75. The van der Waals surface area contributed by atoms with Crippen LogP contribution in [-0.4, -0.2) is 19.7 Å². The summed E-state index contributed by atoms with van der Waals surface area (Å²) in [6.07, 6.45) is 1.14. The number of halogens is 3. The fourth-order valence-corrected chi connectivity index (χ4v) is 4.00. The summed E-state index contributed by atoms with van der Waals surface area (Å²) in [7, 11) is 1.36. The third-order valence-corrected chi connectivity index (χ3v) is 5.62. The Hall–Kier alpha value is -2.20. The second kappa shape index (κ2) is 10.7. The topological polar surface area (TPSA) is 35.5 Å². The fraction of sp³-hybridized carbons (Fsp3) is 0.208. The molecule has 3 nitrogen and oxygen atoms in total. The van der Waals surface area contributed by atoms with Crippen molar-refractivity contribution >= 4 is 40.8 Å². The van der Waals surface area contributed by atoms with Gasteiger partial charge in [-0.2, -0.15) is 0 Å². The summed E-state index contributed by atoms with van der Waals surface area (Å²) in [5.74, 6) is -0.223. The first kappa shape index (κ1) is 22.5. The number of hydrogen-bond donors (Lipinski definition) is 0. The second-order valence-electron chi connectivity index (χ2n) is 6.74. The molecule has 0 radical (unpaired) electrons. The number of ether oxygens (including phenoxy) is 2. The third-order valence-electron chi connectivity index (χ3n) is 4.76. The lowest BCUT2D eigenvalue weighted by atomic mass is 9.94. The maximum Gasteiger partial charge on any atom is 0.313 e. The van der Waals surface area contributed by atoms with E-state index in [0.717, 1.165) is 11.1 Å². The van der Waals surface area contributed by atoms with Gasteiger partial charge in [0.05, 0.1) is 24.7 Å². The van der Waals surface area contributed by atoms with Gasteiger partial charge in [0.25, 0.3) is 0 Å². The van der Waals surface area contributed by atoms with Crippen molar-refractivity contribution in [3.63, 3.8) is 0 Å². The van der Waals surface area contributed by atoms with E-state index in [1.807, 2.05) is 48.5 Å². The van der Waals surface area contributed by atoms with Gasteiger partial charge in [-0.3, -0.25) is 4.79 Å². The maximum atomic E-state index is 12.3. The van der Waals surface area contributed by atoms with Gasteiger partial charge in [0.2, 0.25) is 0 Å². The second-order valence-corrected chi connectivity index (χ2v) is 7.99. The number of benzene rings is 3. The molecule has 0 heterocycles. The van der Waals surface area contributed by atoms with Gasteiger partial charge in [0.15, 0.2) is 0 Å². The van der Waals surface area contributed by atoms with Gasteiger partial charge in [-0.15, -0.1) is 0 Å². The van der Waals surface area contributed by atoms with E-state index in [1.165, 1.54) is 7.11 Å². The van der Waals surface area contributed by atoms with Crippen LogP contribution in [0.4, 0.5) is 0 Å². The third kappa shape index (κ3) is 5.69. The molecule has 1 unspecified atom stereocenters. The van der Waals surface area contributed by atoms with Crippen molar-refractivity contribution in [2.24, 2.45) is 0 Å². The van der Waals surface area contributed by atoms with E-state index >= 15 is 0 Å². The van der Waals surface area contributed by atoms with Crippen molar-refractivity contribution in [3.8, 4) is 16.9 Å². The molecule has 1 atom stereocenters. The zero-order valence-corrected chi connectivity index (χ0v) is 18.7. The molecule has 0 N–H and O–H groups in total. The van der Waals surface area contributed by atoms with E-state index in [-0.39, 0.29) is 5.97 Å². The number of carbonyl (C=O) groups is 1. The number of methoxy groups -OCH3 is 1. The number of esters is 1. The molecular formula is C24H21Cl3O3. The number of hydrogen-bond acceptors (Lipinski definition) is 3. The minimum Gasteiger partial charge on any atom is -0.492 e. The van der Waals surface area contributed by atoms with Gasteiger partial charge >= 0.3 is 5.97 Å². The highest BCUT2D eigenvalue weighted by Gasteiger charge is 2.23. The molecule has 6 heteroatoms. The Morgan fingerprint density at radius 2 is 1.67 bits per heavy atom. The molecule has 0 amide bonds. The highest BCUT2D eigenvalue weighted by Crippen LogP contribution is 2.33. The van der Waals surface area contributed by atoms with Crippen molar-refractivity contribution in [2.75, 3.05) is 13.7 Å². The molecule has 0 bridgehead atoms. The van der Waals surface area contributed by atoms with Crippen LogP contribution in [0.15, 0.2) is 66.7 Å². The van der Waals surface area contributed by atoms with Crippen molar-refractivity contribution in [3.05, 3.63) is 87.4 Å². The Bertz CT molecular complexity index is 1010. The van der Waals surface area contributed by atoms with Crippen LogP contribution < -0.4 is 4.74 Å². The molecule has 3 aromatic carbocycles. The van der Waals surface area contributed by atoms with E-state index in [4.69, 9.17) is 44.3 Å².